The van der Waals surface area contributed by atoms with Crippen molar-refractivity contribution < 1.29 is 4.79 Å². The molecule has 1 rings (SSSR count). The van der Waals surface area contributed by atoms with Crippen LogP contribution in [0.15, 0.2) is 0 Å². The quantitative estimate of drug-likeness (QED) is 0.681. The lowest BCUT2D eigenvalue weighted by Gasteiger charge is -2.30. The molecule has 1 heterocycles. The predicted octanol–water partition coefficient (Wildman–Crippen LogP) is 0.962. The smallest absolute Gasteiger partial charge is 0.236 e. The number of hydrogen-bond donors (Lipinski definition) is 2. The standard InChI is InChI=1S/C13H27N3O/c1-11-5-9-16(10-6-11)8-4-3-7-15-13(17)12(2)14/h11-12H,3-10,14H2,1-2H3,(H,15,17). The molecule has 0 radical (unpaired) electrons. The summed E-state index contributed by atoms with van der Waals surface area (Å²) in [5.74, 6) is 0.855. The van der Waals surface area contributed by atoms with Crippen LogP contribution in [0.3, 0.4) is 0 Å². The topological polar surface area (TPSA) is 58.4 Å². The molecule has 1 saturated heterocycles. The van der Waals surface area contributed by atoms with E-state index in [0.29, 0.717) is 0 Å². The highest BCUT2D eigenvalue weighted by Gasteiger charge is 2.14. The van der Waals surface area contributed by atoms with Gasteiger partial charge in [0.2, 0.25) is 5.91 Å². The monoisotopic (exact) mass is 241 g/mol. The first-order valence-corrected chi connectivity index (χ1v) is 6.85. The highest BCUT2D eigenvalue weighted by molar-refractivity contribution is 5.80. The van der Waals surface area contributed by atoms with Gasteiger partial charge < -0.3 is 16.0 Å². The maximum absolute atomic E-state index is 11.2. The highest BCUT2D eigenvalue weighted by Crippen LogP contribution is 2.15. The van der Waals surface area contributed by atoms with Crippen LogP contribution in [0, 0.1) is 5.92 Å². The van der Waals surface area contributed by atoms with E-state index in [1.807, 2.05) is 0 Å². The average molecular weight is 241 g/mol. The van der Waals surface area contributed by atoms with E-state index in [9.17, 15) is 4.79 Å². The van der Waals surface area contributed by atoms with Crippen molar-refractivity contribution in [3.63, 3.8) is 0 Å². The summed E-state index contributed by atoms with van der Waals surface area (Å²) in [6, 6.07) is -0.390. The zero-order valence-corrected chi connectivity index (χ0v) is 11.2. The number of unbranched alkanes of at least 4 members (excludes halogenated alkanes) is 1. The summed E-state index contributed by atoms with van der Waals surface area (Å²) in [6.45, 7) is 8.46. The van der Waals surface area contributed by atoms with E-state index in [1.165, 1.54) is 32.5 Å². The first-order chi connectivity index (χ1) is 8.09. The number of likely N-dealkylation sites (tertiary alicyclic amines) is 1. The van der Waals surface area contributed by atoms with Crippen molar-refractivity contribution in [3.05, 3.63) is 0 Å². The molecule has 4 nitrogen and oxygen atoms in total. The third-order valence-corrected chi connectivity index (χ3v) is 3.49. The van der Waals surface area contributed by atoms with Gasteiger partial charge in [0, 0.05) is 6.54 Å². The van der Waals surface area contributed by atoms with E-state index in [0.717, 1.165) is 25.3 Å². The van der Waals surface area contributed by atoms with Crippen LogP contribution in [0.2, 0.25) is 0 Å². The summed E-state index contributed by atoms with van der Waals surface area (Å²) in [4.78, 5) is 13.7. The molecule has 0 aromatic rings. The second kappa shape index (κ2) is 7.67. The Morgan fingerprint density at radius 3 is 2.65 bits per heavy atom. The molecule has 1 unspecified atom stereocenters. The van der Waals surface area contributed by atoms with Gasteiger partial charge in [0.1, 0.15) is 0 Å². The number of nitrogens with two attached hydrogens (primary N) is 1. The van der Waals surface area contributed by atoms with Crippen molar-refractivity contribution in [1.82, 2.24) is 10.2 Å². The summed E-state index contributed by atoms with van der Waals surface area (Å²) in [5.41, 5.74) is 5.46. The number of nitrogens with zero attached hydrogens (tertiary/aromatic N) is 1. The van der Waals surface area contributed by atoms with Gasteiger partial charge in [0.05, 0.1) is 6.04 Å². The van der Waals surface area contributed by atoms with Crippen LogP contribution in [0.4, 0.5) is 0 Å². The van der Waals surface area contributed by atoms with Crippen molar-refractivity contribution in [3.8, 4) is 0 Å². The SMILES string of the molecule is CC1CCN(CCCCNC(=O)C(C)N)CC1. The molecule has 1 atom stereocenters. The fraction of sp³-hybridized carbons (Fsp3) is 0.923. The number of rotatable bonds is 6. The van der Waals surface area contributed by atoms with Gasteiger partial charge in [-0.2, -0.15) is 0 Å². The van der Waals surface area contributed by atoms with E-state index in [2.05, 4.69) is 17.1 Å². The molecule has 1 aliphatic rings. The van der Waals surface area contributed by atoms with Gasteiger partial charge in [-0.25, -0.2) is 0 Å². The van der Waals surface area contributed by atoms with Crippen LogP contribution < -0.4 is 11.1 Å². The van der Waals surface area contributed by atoms with E-state index in [-0.39, 0.29) is 5.91 Å². The summed E-state index contributed by atoms with van der Waals surface area (Å²) >= 11 is 0. The molecule has 0 aliphatic carbocycles. The van der Waals surface area contributed by atoms with Crippen LogP contribution in [-0.2, 0) is 4.79 Å². The Morgan fingerprint density at radius 1 is 1.41 bits per heavy atom. The van der Waals surface area contributed by atoms with Crippen molar-refractivity contribution >= 4 is 5.91 Å². The third kappa shape index (κ3) is 6.03. The summed E-state index contributed by atoms with van der Waals surface area (Å²) < 4.78 is 0. The molecule has 0 bridgehead atoms. The van der Waals surface area contributed by atoms with Gasteiger partial charge in [0.25, 0.3) is 0 Å². The van der Waals surface area contributed by atoms with Crippen molar-refractivity contribution in [2.24, 2.45) is 11.7 Å². The van der Waals surface area contributed by atoms with E-state index < -0.39 is 6.04 Å². The van der Waals surface area contributed by atoms with Gasteiger partial charge in [-0.05, 0) is 58.2 Å². The highest BCUT2D eigenvalue weighted by atomic mass is 16.2. The fourth-order valence-electron chi connectivity index (χ4n) is 2.12. The Labute approximate surface area is 105 Å². The Bertz CT molecular complexity index is 223. The van der Waals surface area contributed by atoms with Crippen LogP contribution >= 0.6 is 0 Å². The Hall–Kier alpha value is -0.610. The maximum atomic E-state index is 11.2. The molecule has 1 fully saturated rings. The van der Waals surface area contributed by atoms with Gasteiger partial charge >= 0.3 is 0 Å². The molecule has 100 valence electrons. The Kier molecular flexibility index (Phi) is 6.52. The van der Waals surface area contributed by atoms with E-state index >= 15 is 0 Å². The van der Waals surface area contributed by atoms with Crippen molar-refractivity contribution in [2.45, 2.75) is 45.6 Å². The third-order valence-electron chi connectivity index (χ3n) is 3.49. The largest absolute Gasteiger partial charge is 0.355 e. The molecule has 1 amide bonds. The molecule has 1 aliphatic heterocycles. The lowest BCUT2D eigenvalue weighted by atomic mass is 9.99. The van der Waals surface area contributed by atoms with Gasteiger partial charge in [-0.15, -0.1) is 0 Å². The molecule has 17 heavy (non-hydrogen) atoms. The fourth-order valence-corrected chi connectivity index (χ4v) is 2.12. The molecule has 0 aromatic heterocycles. The Balaban J connectivity index is 1.96. The molecule has 0 spiro atoms. The second-order valence-corrected chi connectivity index (χ2v) is 5.31. The van der Waals surface area contributed by atoms with Gasteiger partial charge in [0.15, 0.2) is 0 Å². The Morgan fingerprint density at radius 2 is 2.06 bits per heavy atom. The number of nitrogens with one attached hydrogen (secondary N) is 1. The minimum absolute atomic E-state index is 0.0446. The predicted molar refractivity (Wildman–Crippen MR) is 70.7 cm³/mol. The van der Waals surface area contributed by atoms with E-state index in [1.54, 1.807) is 6.92 Å². The first kappa shape index (κ1) is 14.5. The number of hydrogen-bond acceptors (Lipinski definition) is 3. The maximum Gasteiger partial charge on any atom is 0.236 e. The zero-order chi connectivity index (χ0) is 12.7. The summed E-state index contributed by atoms with van der Waals surface area (Å²) in [7, 11) is 0. The molecular weight excluding hydrogens is 214 g/mol. The minimum atomic E-state index is -0.390. The van der Waals surface area contributed by atoms with Crippen LogP contribution in [0.1, 0.15) is 39.5 Å². The van der Waals surface area contributed by atoms with Crippen LogP contribution in [0.25, 0.3) is 0 Å². The number of amides is 1. The van der Waals surface area contributed by atoms with Crippen LogP contribution in [0.5, 0.6) is 0 Å². The summed E-state index contributed by atoms with van der Waals surface area (Å²) in [6.07, 6.45) is 4.88. The number of carbonyl (C=O) groups is 1. The van der Waals surface area contributed by atoms with E-state index in [4.69, 9.17) is 5.73 Å². The van der Waals surface area contributed by atoms with Gasteiger partial charge in [-0.3, -0.25) is 4.79 Å². The molecule has 0 saturated carbocycles. The second-order valence-electron chi connectivity index (χ2n) is 5.31. The number of piperidine rings is 1. The average Bonchev–Trinajstić information content (AvgIpc) is 2.30. The normalized spacial score (nSPS) is 20.2. The minimum Gasteiger partial charge on any atom is -0.355 e. The number of carbonyl (C=O) groups excluding carboxylic acids is 1. The first-order valence-electron chi connectivity index (χ1n) is 6.85. The van der Waals surface area contributed by atoms with Crippen molar-refractivity contribution in [1.29, 1.82) is 0 Å². The lowest BCUT2D eigenvalue weighted by Crippen LogP contribution is -2.39. The van der Waals surface area contributed by atoms with Crippen molar-refractivity contribution in [2.75, 3.05) is 26.2 Å². The zero-order valence-electron chi connectivity index (χ0n) is 11.2. The molecule has 0 aromatic carbocycles. The van der Waals surface area contributed by atoms with Crippen LogP contribution in [-0.4, -0.2) is 43.0 Å². The molecular formula is C13H27N3O. The lowest BCUT2D eigenvalue weighted by molar-refractivity contribution is -0.121. The van der Waals surface area contributed by atoms with Gasteiger partial charge in [-0.1, -0.05) is 6.92 Å². The summed E-state index contributed by atoms with van der Waals surface area (Å²) in [5, 5.41) is 2.84. The molecule has 4 heteroatoms. The molecule has 3 N–H and O–H groups in total.